The van der Waals surface area contributed by atoms with Gasteiger partial charge < -0.3 is 0 Å². The highest BCUT2D eigenvalue weighted by Gasteiger charge is 2.56. The van der Waals surface area contributed by atoms with E-state index < -0.39 is 0 Å². The van der Waals surface area contributed by atoms with Gasteiger partial charge in [0.2, 0.25) is 0 Å². The van der Waals surface area contributed by atoms with Crippen LogP contribution in [0.4, 0.5) is 0 Å². The molecule has 3 aliphatic rings. The van der Waals surface area contributed by atoms with Crippen molar-refractivity contribution in [3.8, 4) is 0 Å². The van der Waals surface area contributed by atoms with Crippen LogP contribution in [0.3, 0.4) is 0 Å². The molecular weight excluding hydrogens is 144 g/mol. The van der Waals surface area contributed by atoms with E-state index in [1.807, 2.05) is 0 Å². The molecule has 0 nitrogen and oxygen atoms in total. The molecule has 2 bridgehead atoms. The molecule has 4 unspecified atom stereocenters. The summed E-state index contributed by atoms with van der Waals surface area (Å²) in [5, 5.41) is 0. The van der Waals surface area contributed by atoms with Crippen LogP contribution < -0.4 is 0 Å². The summed E-state index contributed by atoms with van der Waals surface area (Å²) in [6.07, 6.45) is 12.5. The van der Waals surface area contributed by atoms with Crippen LogP contribution in [0, 0.1) is 23.2 Å². The van der Waals surface area contributed by atoms with E-state index in [4.69, 9.17) is 0 Å². The van der Waals surface area contributed by atoms with E-state index >= 15 is 0 Å². The van der Waals surface area contributed by atoms with Gasteiger partial charge in [0.05, 0.1) is 0 Å². The number of fused-ring (bicyclic) bond motifs is 5. The highest BCUT2D eigenvalue weighted by Crippen LogP contribution is 2.64. The molecule has 0 spiro atoms. The zero-order valence-corrected chi connectivity index (χ0v) is 7.92. The topological polar surface area (TPSA) is 0 Å². The summed E-state index contributed by atoms with van der Waals surface area (Å²) >= 11 is 0. The van der Waals surface area contributed by atoms with Crippen LogP contribution in [-0.2, 0) is 0 Å². The van der Waals surface area contributed by atoms with Gasteiger partial charge in [-0.15, -0.1) is 0 Å². The van der Waals surface area contributed by atoms with E-state index in [-0.39, 0.29) is 0 Å². The highest BCUT2D eigenvalue weighted by atomic mass is 14.6. The van der Waals surface area contributed by atoms with Gasteiger partial charge in [-0.25, -0.2) is 0 Å². The van der Waals surface area contributed by atoms with E-state index in [1.54, 1.807) is 0 Å². The quantitative estimate of drug-likeness (QED) is 0.518. The molecule has 3 rings (SSSR count). The van der Waals surface area contributed by atoms with Crippen LogP contribution in [0.5, 0.6) is 0 Å². The van der Waals surface area contributed by atoms with Crippen molar-refractivity contribution < 1.29 is 0 Å². The standard InChI is InChI=1S/C12H18/c1-2-12-7-3-4-11(12)9-5-6-10(12)8-9/h5-6,9-11H,2-4,7-8H2,1H3. The maximum absolute atomic E-state index is 2.52. The molecule has 0 aliphatic heterocycles. The lowest BCUT2D eigenvalue weighted by atomic mass is 9.69. The second-order valence-electron chi connectivity index (χ2n) is 4.98. The lowest BCUT2D eigenvalue weighted by Crippen LogP contribution is -2.28. The first kappa shape index (κ1) is 7.17. The fraction of sp³-hybridized carbons (Fsp3) is 0.833. The molecule has 2 fully saturated rings. The van der Waals surface area contributed by atoms with Crippen molar-refractivity contribution in [2.45, 2.75) is 39.0 Å². The monoisotopic (exact) mass is 162 g/mol. The highest BCUT2D eigenvalue weighted by molar-refractivity contribution is 5.20. The van der Waals surface area contributed by atoms with Gasteiger partial charge in [0.25, 0.3) is 0 Å². The van der Waals surface area contributed by atoms with Crippen LogP contribution in [0.25, 0.3) is 0 Å². The van der Waals surface area contributed by atoms with Gasteiger partial charge in [-0.1, -0.05) is 25.5 Å². The minimum atomic E-state index is 0.777. The van der Waals surface area contributed by atoms with Crippen molar-refractivity contribution in [3.63, 3.8) is 0 Å². The number of rotatable bonds is 1. The summed E-state index contributed by atoms with van der Waals surface area (Å²) in [6.45, 7) is 2.41. The zero-order chi connectivity index (χ0) is 8.18. The molecule has 0 saturated heterocycles. The Morgan fingerprint density at radius 1 is 1.42 bits per heavy atom. The summed E-state index contributed by atoms with van der Waals surface area (Å²) in [6, 6.07) is 0. The third kappa shape index (κ3) is 0.616. The van der Waals surface area contributed by atoms with Gasteiger partial charge in [-0.2, -0.15) is 0 Å². The van der Waals surface area contributed by atoms with Gasteiger partial charge in [0.1, 0.15) is 0 Å². The molecule has 0 radical (unpaired) electrons. The molecule has 0 N–H and O–H groups in total. The van der Waals surface area contributed by atoms with Crippen LogP contribution in [0.2, 0.25) is 0 Å². The molecular formula is C12H18. The fourth-order valence-corrected chi connectivity index (χ4v) is 4.38. The number of hydrogen-bond donors (Lipinski definition) is 0. The Kier molecular flexibility index (Phi) is 1.29. The summed E-state index contributed by atoms with van der Waals surface area (Å²) < 4.78 is 0. The number of hydrogen-bond acceptors (Lipinski definition) is 0. The Morgan fingerprint density at radius 3 is 3.08 bits per heavy atom. The molecule has 12 heavy (non-hydrogen) atoms. The Labute approximate surface area is 75.0 Å². The first-order chi connectivity index (χ1) is 5.87. The normalized spacial score (nSPS) is 54.9. The Morgan fingerprint density at radius 2 is 2.33 bits per heavy atom. The number of allylic oxidation sites excluding steroid dienone is 2. The van der Waals surface area contributed by atoms with Crippen molar-refractivity contribution >= 4 is 0 Å². The fourth-order valence-electron chi connectivity index (χ4n) is 4.38. The van der Waals surface area contributed by atoms with E-state index in [0.29, 0.717) is 0 Å². The van der Waals surface area contributed by atoms with Gasteiger partial charge in [0, 0.05) is 0 Å². The zero-order valence-electron chi connectivity index (χ0n) is 7.92. The van der Waals surface area contributed by atoms with E-state index in [2.05, 4.69) is 19.1 Å². The molecule has 4 atom stereocenters. The van der Waals surface area contributed by atoms with Crippen molar-refractivity contribution in [1.29, 1.82) is 0 Å². The van der Waals surface area contributed by atoms with Gasteiger partial charge in [0.15, 0.2) is 0 Å². The lowest BCUT2D eigenvalue weighted by molar-refractivity contribution is 0.168. The SMILES string of the molecule is CCC12CCCC1C1C=CC2C1. The molecule has 0 aromatic rings. The Balaban J connectivity index is 2.03. The van der Waals surface area contributed by atoms with Crippen LogP contribution in [0.1, 0.15) is 39.0 Å². The van der Waals surface area contributed by atoms with Gasteiger partial charge >= 0.3 is 0 Å². The molecule has 0 aromatic carbocycles. The maximum Gasteiger partial charge on any atom is -0.0168 e. The molecule has 66 valence electrons. The molecule has 0 amide bonds. The molecule has 3 aliphatic carbocycles. The van der Waals surface area contributed by atoms with Crippen molar-refractivity contribution in [2.24, 2.45) is 23.2 Å². The predicted molar refractivity (Wildman–Crippen MR) is 50.8 cm³/mol. The third-order valence-electron chi connectivity index (χ3n) is 4.93. The minimum absolute atomic E-state index is 0.777. The van der Waals surface area contributed by atoms with E-state index in [1.165, 1.54) is 32.1 Å². The average molecular weight is 162 g/mol. The second kappa shape index (κ2) is 2.16. The molecule has 0 heterocycles. The molecule has 0 heteroatoms. The summed E-state index contributed by atoms with van der Waals surface area (Å²) in [5.74, 6) is 3.04. The Hall–Kier alpha value is -0.260. The maximum atomic E-state index is 2.52. The smallest absolute Gasteiger partial charge is 0.0168 e. The average Bonchev–Trinajstić information content (AvgIpc) is 2.76. The molecule has 2 saturated carbocycles. The summed E-state index contributed by atoms with van der Waals surface area (Å²) in [4.78, 5) is 0. The van der Waals surface area contributed by atoms with Crippen molar-refractivity contribution in [2.75, 3.05) is 0 Å². The second-order valence-corrected chi connectivity index (χ2v) is 4.98. The summed E-state index contributed by atoms with van der Waals surface area (Å²) in [7, 11) is 0. The lowest BCUT2D eigenvalue weighted by Gasteiger charge is -2.36. The van der Waals surface area contributed by atoms with E-state index in [0.717, 1.165) is 23.2 Å². The van der Waals surface area contributed by atoms with Crippen molar-refractivity contribution in [3.05, 3.63) is 12.2 Å². The largest absolute Gasteiger partial charge is 0.0848 e. The van der Waals surface area contributed by atoms with E-state index in [9.17, 15) is 0 Å². The Bertz CT molecular complexity index is 228. The van der Waals surface area contributed by atoms with Crippen LogP contribution >= 0.6 is 0 Å². The van der Waals surface area contributed by atoms with Crippen molar-refractivity contribution in [1.82, 2.24) is 0 Å². The van der Waals surface area contributed by atoms with Gasteiger partial charge in [-0.3, -0.25) is 0 Å². The first-order valence-electron chi connectivity index (χ1n) is 5.55. The molecule has 0 aromatic heterocycles. The summed E-state index contributed by atoms with van der Waals surface area (Å²) in [5.41, 5.74) is 0.777. The minimum Gasteiger partial charge on any atom is -0.0848 e. The van der Waals surface area contributed by atoms with Crippen LogP contribution in [-0.4, -0.2) is 0 Å². The first-order valence-corrected chi connectivity index (χ1v) is 5.55. The van der Waals surface area contributed by atoms with Crippen LogP contribution in [0.15, 0.2) is 12.2 Å². The predicted octanol–water partition coefficient (Wildman–Crippen LogP) is 3.39. The van der Waals surface area contributed by atoms with Gasteiger partial charge in [-0.05, 0) is 48.9 Å². The third-order valence-corrected chi connectivity index (χ3v) is 4.93.